The summed E-state index contributed by atoms with van der Waals surface area (Å²) in [4.78, 5) is 24.1. The summed E-state index contributed by atoms with van der Waals surface area (Å²) in [5.74, 6) is 3.81. The van der Waals surface area contributed by atoms with Crippen molar-refractivity contribution in [2.45, 2.75) is 18.9 Å². The van der Waals surface area contributed by atoms with Gasteiger partial charge in [0.05, 0.1) is 6.21 Å². The normalized spacial score (nSPS) is 13.6. The fourth-order valence-electron chi connectivity index (χ4n) is 2.37. The molecule has 6 heteroatoms. The summed E-state index contributed by atoms with van der Waals surface area (Å²) in [6, 6.07) is 13.7. The molecule has 0 aromatic heterocycles. The van der Waals surface area contributed by atoms with Crippen LogP contribution in [0.4, 0.5) is 0 Å². The van der Waals surface area contributed by atoms with Crippen molar-refractivity contribution in [3.63, 3.8) is 0 Å². The molecule has 0 heterocycles. The third kappa shape index (κ3) is 3.85. The highest BCUT2D eigenvalue weighted by Gasteiger charge is 2.29. The van der Waals surface area contributed by atoms with Crippen molar-refractivity contribution in [3.8, 4) is 0 Å². The number of carboxylic acid groups (broad SMARTS) is 1. The standard InChI is InChI=1S/C18H19N3O3/c1-18(19,17(23)24)10-14-6-2-3-8-15(14)16(22)13-7-4-5-12(9-13)11-21-20/h2-9,11H,10,19-20H2,1H3,(H,23,24). The summed E-state index contributed by atoms with van der Waals surface area (Å²) >= 11 is 0. The van der Waals surface area contributed by atoms with Crippen LogP contribution in [-0.2, 0) is 11.2 Å². The van der Waals surface area contributed by atoms with E-state index in [4.69, 9.17) is 11.6 Å². The highest BCUT2D eigenvalue weighted by atomic mass is 16.4. The van der Waals surface area contributed by atoms with E-state index in [0.717, 1.165) is 0 Å². The highest BCUT2D eigenvalue weighted by Crippen LogP contribution is 2.19. The molecule has 0 saturated heterocycles. The Bertz CT molecular complexity index is 798. The first-order valence-corrected chi connectivity index (χ1v) is 7.33. The van der Waals surface area contributed by atoms with E-state index in [1.54, 1.807) is 48.5 Å². The number of hydrogen-bond donors (Lipinski definition) is 3. The van der Waals surface area contributed by atoms with E-state index in [1.807, 2.05) is 0 Å². The molecule has 0 spiro atoms. The number of nitrogens with two attached hydrogens (primary N) is 2. The van der Waals surface area contributed by atoms with Crippen LogP contribution in [0, 0.1) is 0 Å². The zero-order valence-electron chi connectivity index (χ0n) is 13.3. The van der Waals surface area contributed by atoms with E-state index < -0.39 is 11.5 Å². The van der Waals surface area contributed by atoms with E-state index in [0.29, 0.717) is 22.3 Å². The second-order valence-electron chi connectivity index (χ2n) is 5.79. The van der Waals surface area contributed by atoms with E-state index in [9.17, 15) is 14.7 Å². The number of ketones is 1. The smallest absolute Gasteiger partial charge is 0.323 e. The van der Waals surface area contributed by atoms with E-state index >= 15 is 0 Å². The van der Waals surface area contributed by atoms with Crippen molar-refractivity contribution in [2.24, 2.45) is 16.7 Å². The first-order valence-electron chi connectivity index (χ1n) is 7.33. The predicted octanol–water partition coefficient (Wildman–Crippen LogP) is 1.55. The first kappa shape index (κ1) is 17.4. The Balaban J connectivity index is 2.40. The third-order valence-electron chi connectivity index (χ3n) is 3.68. The summed E-state index contributed by atoms with van der Waals surface area (Å²) in [5, 5.41) is 12.7. The zero-order chi connectivity index (χ0) is 17.7. The molecule has 124 valence electrons. The predicted molar refractivity (Wildman–Crippen MR) is 92.0 cm³/mol. The van der Waals surface area contributed by atoms with Gasteiger partial charge in [0, 0.05) is 17.5 Å². The number of carboxylic acids is 1. The maximum atomic E-state index is 12.8. The van der Waals surface area contributed by atoms with Gasteiger partial charge in [-0.1, -0.05) is 42.5 Å². The summed E-state index contributed by atoms with van der Waals surface area (Å²) in [6.45, 7) is 1.43. The number of hydrogen-bond acceptors (Lipinski definition) is 5. The summed E-state index contributed by atoms with van der Waals surface area (Å²) in [6.07, 6.45) is 1.50. The Morgan fingerprint density at radius 1 is 1.21 bits per heavy atom. The summed E-state index contributed by atoms with van der Waals surface area (Å²) in [5.41, 5.74) is 6.56. The lowest BCUT2D eigenvalue weighted by molar-refractivity contribution is -0.142. The van der Waals surface area contributed by atoms with Gasteiger partial charge in [0.15, 0.2) is 5.78 Å². The van der Waals surface area contributed by atoms with Gasteiger partial charge in [-0.15, -0.1) is 0 Å². The third-order valence-corrected chi connectivity index (χ3v) is 3.68. The van der Waals surface area contributed by atoms with Crippen LogP contribution in [0.5, 0.6) is 0 Å². The van der Waals surface area contributed by atoms with Gasteiger partial charge in [0.2, 0.25) is 0 Å². The van der Waals surface area contributed by atoms with Crippen LogP contribution in [-0.4, -0.2) is 28.6 Å². The van der Waals surface area contributed by atoms with Crippen LogP contribution in [0.25, 0.3) is 0 Å². The monoisotopic (exact) mass is 325 g/mol. The number of benzene rings is 2. The molecule has 6 nitrogen and oxygen atoms in total. The number of nitrogens with zero attached hydrogens (tertiary/aromatic N) is 1. The van der Waals surface area contributed by atoms with Crippen LogP contribution in [0.1, 0.15) is 34.0 Å². The molecule has 0 saturated carbocycles. The van der Waals surface area contributed by atoms with Crippen LogP contribution < -0.4 is 11.6 Å². The van der Waals surface area contributed by atoms with E-state index in [1.165, 1.54) is 13.1 Å². The van der Waals surface area contributed by atoms with Crippen molar-refractivity contribution < 1.29 is 14.7 Å². The minimum Gasteiger partial charge on any atom is -0.480 e. The Hall–Kier alpha value is -2.99. The maximum Gasteiger partial charge on any atom is 0.323 e. The number of aliphatic carboxylic acids is 1. The molecule has 24 heavy (non-hydrogen) atoms. The molecule has 1 unspecified atom stereocenters. The van der Waals surface area contributed by atoms with Gasteiger partial charge in [-0.05, 0) is 24.1 Å². The molecule has 2 aromatic rings. The van der Waals surface area contributed by atoms with Crippen LogP contribution in [0.15, 0.2) is 53.6 Å². The van der Waals surface area contributed by atoms with E-state index in [2.05, 4.69) is 5.10 Å². The SMILES string of the molecule is CC(N)(Cc1ccccc1C(=O)c1cccc(C=NN)c1)C(=O)O. The van der Waals surface area contributed by atoms with Gasteiger partial charge in [-0.2, -0.15) is 5.10 Å². The van der Waals surface area contributed by atoms with Crippen molar-refractivity contribution in [3.05, 3.63) is 70.8 Å². The minimum absolute atomic E-state index is 0.0498. The first-order chi connectivity index (χ1) is 11.3. The fourth-order valence-corrected chi connectivity index (χ4v) is 2.37. The average Bonchev–Trinajstić information content (AvgIpc) is 2.55. The number of rotatable bonds is 6. The molecule has 0 aliphatic heterocycles. The van der Waals surface area contributed by atoms with Crippen LogP contribution in [0.2, 0.25) is 0 Å². The van der Waals surface area contributed by atoms with Crippen LogP contribution >= 0.6 is 0 Å². The fraction of sp³-hybridized carbons (Fsp3) is 0.167. The van der Waals surface area contributed by atoms with Gasteiger partial charge < -0.3 is 16.7 Å². The van der Waals surface area contributed by atoms with Crippen molar-refractivity contribution in [2.75, 3.05) is 0 Å². The second-order valence-corrected chi connectivity index (χ2v) is 5.79. The molecule has 0 aliphatic rings. The van der Waals surface area contributed by atoms with Gasteiger partial charge in [-0.3, -0.25) is 9.59 Å². The van der Waals surface area contributed by atoms with Crippen molar-refractivity contribution in [1.29, 1.82) is 0 Å². The molecule has 0 fully saturated rings. The van der Waals surface area contributed by atoms with Gasteiger partial charge >= 0.3 is 5.97 Å². The molecule has 0 bridgehead atoms. The van der Waals surface area contributed by atoms with Crippen molar-refractivity contribution >= 4 is 18.0 Å². The highest BCUT2D eigenvalue weighted by molar-refractivity contribution is 6.10. The molecule has 0 aliphatic carbocycles. The molecular weight excluding hydrogens is 306 g/mol. The summed E-state index contributed by atoms with van der Waals surface area (Å²) in [7, 11) is 0. The lowest BCUT2D eigenvalue weighted by Gasteiger charge is -2.20. The molecule has 5 N–H and O–H groups in total. The van der Waals surface area contributed by atoms with E-state index in [-0.39, 0.29) is 12.2 Å². The molecule has 2 rings (SSSR count). The Morgan fingerprint density at radius 2 is 1.92 bits per heavy atom. The Labute approximate surface area is 139 Å². The zero-order valence-corrected chi connectivity index (χ0v) is 13.3. The van der Waals surface area contributed by atoms with Gasteiger partial charge in [-0.25, -0.2) is 0 Å². The summed E-state index contributed by atoms with van der Waals surface area (Å²) < 4.78 is 0. The molecule has 2 aromatic carbocycles. The van der Waals surface area contributed by atoms with Gasteiger partial charge in [0.25, 0.3) is 0 Å². The second kappa shape index (κ2) is 7.06. The number of hydrazone groups is 1. The Kier molecular flexibility index (Phi) is 5.11. The average molecular weight is 325 g/mol. The number of carbonyl (C=O) groups is 2. The number of carbonyl (C=O) groups excluding carboxylic acids is 1. The Morgan fingerprint density at radius 3 is 2.58 bits per heavy atom. The molecule has 0 radical (unpaired) electrons. The molecule has 1 atom stereocenters. The minimum atomic E-state index is -1.45. The molecular formula is C18H19N3O3. The topological polar surface area (TPSA) is 119 Å². The quantitative estimate of drug-likeness (QED) is 0.322. The maximum absolute atomic E-state index is 12.8. The lowest BCUT2D eigenvalue weighted by Crippen LogP contribution is -2.47. The van der Waals surface area contributed by atoms with Gasteiger partial charge in [0.1, 0.15) is 5.54 Å². The van der Waals surface area contributed by atoms with Crippen molar-refractivity contribution in [1.82, 2.24) is 0 Å². The van der Waals surface area contributed by atoms with Crippen LogP contribution in [0.3, 0.4) is 0 Å². The largest absolute Gasteiger partial charge is 0.480 e. The lowest BCUT2D eigenvalue weighted by atomic mass is 9.88. The molecule has 0 amide bonds.